The predicted molar refractivity (Wildman–Crippen MR) is 72.6 cm³/mol. The average Bonchev–Trinajstić information content (AvgIpc) is 3.03. The lowest BCUT2D eigenvalue weighted by Crippen LogP contribution is -2.32. The quantitative estimate of drug-likeness (QED) is 0.481. The van der Waals surface area contributed by atoms with Gasteiger partial charge in [0.25, 0.3) is 0 Å². The number of H-pyrrole nitrogens is 1. The third-order valence-electron chi connectivity index (χ3n) is 3.54. The van der Waals surface area contributed by atoms with Crippen molar-refractivity contribution in [2.45, 2.75) is 31.3 Å². The molecule has 0 bridgehead atoms. The molecule has 1 saturated heterocycles. The van der Waals surface area contributed by atoms with E-state index in [9.17, 15) is 10.2 Å². The second-order valence-electron chi connectivity index (χ2n) is 4.85. The number of ether oxygens (including phenoxy) is 1. The highest BCUT2D eigenvalue weighted by Gasteiger charge is 2.44. The van der Waals surface area contributed by atoms with Gasteiger partial charge in [0, 0.05) is 6.54 Å². The van der Waals surface area contributed by atoms with Crippen LogP contribution in [0.1, 0.15) is 18.7 Å². The molecule has 4 atom stereocenters. The number of rotatable bonds is 4. The van der Waals surface area contributed by atoms with E-state index in [2.05, 4.69) is 25.5 Å². The van der Waals surface area contributed by atoms with Gasteiger partial charge in [0.05, 0.1) is 12.3 Å². The molecule has 114 valence electrons. The minimum atomic E-state index is -1.16. The maximum absolute atomic E-state index is 10.1. The molecule has 0 aliphatic carbocycles. The largest absolute Gasteiger partial charge is 0.394 e. The van der Waals surface area contributed by atoms with E-state index in [1.165, 1.54) is 6.33 Å². The van der Waals surface area contributed by atoms with Gasteiger partial charge >= 0.3 is 0 Å². The SMILES string of the molecule is CCNc1ncnc2c([C@@H]3O[C@H](CO)[C@@H](O)[C@H]3O)[nH]nc12. The zero-order valence-corrected chi connectivity index (χ0v) is 11.4. The summed E-state index contributed by atoms with van der Waals surface area (Å²) in [6.07, 6.45) is -2.59. The molecular weight excluding hydrogens is 278 g/mol. The van der Waals surface area contributed by atoms with Crippen molar-refractivity contribution in [3.8, 4) is 0 Å². The molecule has 0 aromatic carbocycles. The molecule has 3 rings (SSSR count). The minimum absolute atomic E-state index is 0.377. The Bertz CT molecular complexity index is 633. The number of fused-ring (bicyclic) bond motifs is 1. The summed E-state index contributed by atoms with van der Waals surface area (Å²) in [5.74, 6) is 0.580. The number of anilines is 1. The van der Waals surface area contributed by atoms with E-state index in [0.717, 1.165) is 0 Å². The van der Waals surface area contributed by atoms with Crippen LogP contribution in [0.5, 0.6) is 0 Å². The first-order valence-corrected chi connectivity index (χ1v) is 6.72. The maximum Gasteiger partial charge on any atom is 0.157 e. The van der Waals surface area contributed by atoms with Crippen molar-refractivity contribution in [1.29, 1.82) is 0 Å². The molecule has 0 amide bonds. The van der Waals surface area contributed by atoms with Crippen LogP contribution < -0.4 is 5.32 Å². The molecule has 21 heavy (non-hydrogen) atoms. The van der Waals surface area contributed by atoms with E-state index >= 15 is 0 Å². The lowest BCUT2D eigenvalue weighted by atomic mass is 10.1. The summed E-state index contributed by atoms with van der Waals surface area (Å²) in [6, 6.07) is 0. The summed E-state index contributed by atoms with van der Waals surface area (Å²) in [6.45, 7) is 2.24. The molecule has 2 aromatic heterocycles. The van der Waals surface area contributed by atoms with Crippen molar-refractivity contribution in [3.05, 3.63) is 12.0 Å². The molecule has 1 aliphatic heterocycles. The number of hydrogen-bond donors (Lipinski definition) is 5. The van der Waals surface area contributed by atoms with Crippen LogP contribution in [0, 0.1) is 0 Å². The van der Waals surface area contributed by atoms with Gasteiger partial charge in [0.15, 0.2) is 11.3 Å². The molecule has 2 aromatic rings. The number of aromatic nitrogens is 4. The molecule has 0 radical (unpaired) electrons. The fourth-order valence-corrected chi connectivity index (χ4v) is 2.48. The van der Waals surface area contributed by atoms with Crippen LogP contribution in [0.4, 0.5) is 5.82 Å². The van der Waals surface area contributed by atoms with Gasteiger partial charge in [-0.3, -0.25) is 5.10 Å². The molecule has 9 heteroatoms. The second-order valence-corrected chi connectivity index (χ2v) is 4.85. The molecule has 3 heterocycles. The van der Waals surface area contributed by atoms with Crippen LogP contribution in [0.15, 0.2) is 6.33 Å². The van der Waals surface area contributed by atoms with Crippen LogP contribution >= 0.6 is 0 Å². The number of nitrogens with zero attached hydrogens (tertiary/aromatic N) is 3. The number of nitrogens with one attached hydrogen (secondary N) is 2. The number of aromatic amines is 1. The van der Waals surface area contributed by atoms with Gasteiger partial charge in [-0.2, -0.15) is 5.10 Å². The van der Waals surface area contributed by atoms with Gasteiger partial charge in [-0.05, 0) is 6.92 Å². The summed E-state index contributed by atoms with van der Waals surface area (Å²) in [5, 5.41) is 39.0. The Balaban J connectivity index is 2.00. The van der Waals surface area contributed by atoms with E-state index in [4.69, 9.17) is 9.84 Å². The summed E-state index contributed by atoms with van der Waals surface area (Å²) < 4.78 is 5.49. The molecule has 9 nitrogen and oxygen atoms in total. The average molecular weight is 295 g/mol. The highest BCUT2D eigenvalue weighted by Crippen LogP contribution is 2.35. The number of aliphatic hydroxyl groups excluding tert-OH is 3. The molecule has 0 unspecified atom stereocenters. The van der Waals surface area contributed by atoms with E-state index in [-0.39, 0.29) is 6.61 Å². The van der Waals surface area contributed by atoms with Crippen LogP contribution in [0.3, 0.4) is 0 Å². The molecule has 1 aliphatic rings. The first-order valence-electron chi connectivity index (χ1n) is 6.72. The molecule has 0 spiro atoms. The zero-order chi connectivity index (χ0) is 15.0. The van der Waals surface area contributed by atoms with E-state index < -0.39 is 24.4 Å². The fourth-order valence-electron chi connectivity index (χ4n) is 2.48. The normalized spacial score (nSPS) is 29.1. The van der Waals surface area contributed by atoms with Crippen molar-refractivity contribution in [2.75, 3.05) is 18.5 Å². The summed E-state index contributed by atoms with van der Waals surface area (Å²) >= 11 is 0. The van der Waals surface area contributed by atoms with Crippen molar-refractivity contribution in [2.24, 2.45) is 0 Å². The Morgan fingerprint density at radius 3 is 2.76 bits per heavy atom. The van der Waals surface area contributed by atoms with Crippen LogP contribution in [0.2, 0.25) is 0 Å². The lowest BCUT2D eigenvalue weighted by molar-refractivity contribution is -0.0236. The van der Waals surface area contributed by atoms with Crippen molar-refractivity contribution in [3.63, 3.8) is 0 Å². The van der Waals surface area contributed by atoms with Gasteiger partial charge < -0.3 is 25.4 Å². The highest BCUT2D eigenvalue weighted by atomic mass is 16.6. The van der Waals surface area contributed by atoms with E-state index in [0.29, 0.717) is 29.1 Å². The first kappa shape index (κ1) is 14.1. The van der Waals surface area contributed by atoms with Gasteiger partial charge in [0.1, 0.15) is 36.3 Å². The Morgan fingerprint density at radius 2 is 2.10 bits per heavy atom. The van der Waals surface area contributed by atoms with Gasteiger partial charge in [-0.25, -0.2) is 9.97 Å². The van der Waals surface area contributed by atoms with Crippen LogP contribution in [-0.2, 0) is 4.74 Å². The topological polar surface area (TPSA) is 136 Å². The van der Waals surface area contributed by atoms with Crippen molar-refractivity contribution in [1.82, 2.24) is 20.2 Å². The summed E-state index contributed by atoms with van der Waals surface area (Å²) in [7, 11) is 0. The molecule has 0 saturated carbocycles. The van der Waals surface area contributed by atoms with Gasteiger partial charge in [-0.15, -0.1) is 0 Å². The first-order chi connectivity index (χ1) is 10.2. The Labute approximate surface area is 120 Å². The maximum atomic E-state index is 10.1. The predicted octanol–water partition coefficient (Wildman–Crippen LogP) is -1.06. The summed E-state index contributed by atoms with van der Waals surface area (Å²) in [5.41, 5.74) is 1.50. The smallest absolute Gasteiger partial charge is 0.157 e. The van der Waals surface area contributed by atoms with Gasteiger partial charge in [-0.1, -0.05) is 0 Å². The van der Waals surface area contributed by atoms with Crippen molar-refractivity contribution >= 4 is 16.9 Å². The third-order valence-corrected chi connectivity index (χ3v) is 3.54. The standard InChI is InChI=1S/C12H17N5O4/c1-2-13-12-8-6(14-4-15-12)7(16-17-8)11-10(20)9(19)5(3-18)21-11/h4-5,9-11,18-20H,2-3H2,1H3,(H,16,17)(H,13,14,15)/t5-,9-,10-,11+/m1/s1. The Morgan fingerprint density at radius 1 is 1.29 bits per heavy atom. The highest BCUT2D eigenvalue weighted by molar-refractivity contribution is 5.86. The Kier molecular flexibility index (Phi) is 3.72. The van der Waals surface area contributed by atoms with Crippen LogP contribution in [-0.4, -0.2) is 66.9 Å². The van der Waals surface area contributed by atoms with Gasteiger partial charge in [0.2, 0.25) is 0 Å². The monoisotopic (exact) mass is 295 g/mol. The molecular formula is C12H17N5O4. The minimum Gasteiger partial charge on any atom is -0.394 e. The Hall–Kier alpha value is -1.81. The second kappa shape index (κ2) is 5.53. The number of hydrogen-bond acceptors (Lipinski definition) is 8. The van der Waals surface area contributed by atoms with E-state index in [1.54, 1.807) is 0 Å². The molecule has 5 N–H and O–H groups in total. The summed E-state index contributed by atoms with van der Waals surface area (Å²) in [4.78, 5) is 8.26. The van der Waals surface area contributed by atoms with Crippen molar-refractivity contribution < 1.29 is 20.1 Å². The fraction of sp³-hybridized carbons (Fsp3) is 0.583. The van der Waals surface area contributed by atoms with Crippen LogP contribution in [0.25, 0.3) is 11.0 Å². The molecule has 1 fully saturated rings. The lowest BCUT2D eigenvalue weighted by Gasteiger charge is -2.12. The van der Waals surface area contributed by atoms with E-state index in [1.807, 2.05) is 6.92 Å². The third kappa shape index (κ3) is 2.23. The number of aliphatic hydroxyl groups is 3. The zero-order valence-electron chi connectivity index (χ0n) is 11.4.